The summed E-state index contributed by atoms with van der Waals surface area (Å²) in [6.07, 6.45) is 2.62. The van der Waals surface area contributed by atoms with Gasteiger partial charge < -0.3 is 25.2 Å². The third kappa shape index (κ3) is 3.49. The van der Waals surface area contributed by atoms with Crippen LogP contribution in [0.1, 0.15) is 25.7 Å². The highest BCUT2D eigenvalue weighted by molar-refractivity contribution is 5.82. The van der Waals surface area contributed by atoms with Crippen LogP contribution in [0.3, 0.4) is 0 Å². The number of benzene rings is 1. The van der Waals surface area contributed by atoms with Crippen LogP contribution in [0, 0.1) is 11.8 Å². The molecule has 2 bridgehead atoms. The minimum absolute atomic E-state index is 0.0318. The van der Waals surface area contributed by atoms with Gasteiger partial charge in [0.05, 0.1) is 6.04 Å². The molecule has 1 saturated heterocycles. The molecule has 1 aliphatic heterocycles. The Morgan fingerprint density at radius 1 is 1.31 bits per heavy atom. The number of hydrogen-bond acceptors (Lipinski definition) is 5. The standard InChI is InChI=1S/C19H24N2O5/c22-13-2-1-3-14(8-13)26-10-17(23)21-9-11-6-15(16(21)7-11)20-19(25)18(24)12-4-5-12/h1-3,8,11-12,15-16,18,22,24H,4-7,9-10H2,(H,20,25)/t11-,15-,16-,18?/m1/s1. The molecule has 7 heteroatoms. The molecule has 3 N–H and O–H groups in total. The maximum atomic E-state index is 12.6. The summed E-state index contributed by atoms with van der Waals surface area (Å²) < 4.78 is 5.48. The second-order valence-corrected chi connectivity index (χ2v) is 7.63. The number of amides is 2. The van der Waals surface area contributed by atoms with Crippen LogP contribution in [0.2, 0.25) is 0 Å². The van der Waals surface area contributed by atoms with E-state index in [0.717, 1.165) is 25.7 Å². The summed E-state index contributed by atoms with van der Waals surface area (Å²) in [6, 6.07) is 6.22. The number of aromatic hydroxyl groups is 1. The first-order valence-electron chi connectivity index (χ1n) is 9.21. The Bertz CT molecular complexity index is 705. The second-order valence-electron chi connectivity index (χ2n) is 7.63. The van der Waals surface area contributed by atoms with Gasteiger partial charge in [-0.3, -0.25) is 9.59 Å². The van der Waals surface area contributed by atoms with Gasteiger partial charge in [0.15, 0.2) is 6.61 Å². The fourth-order valence-corrected chi connectivity index (χ4v) is 4.16. The van der Waals surface area contributed by atoms with Gasteiger partial charge in [0.1, 0.15) is 17.6 Å². The van der Waals surface area contributed by atoms with Gasteiger partial charge in [-0.05, 0) is 49.7 Å². The van der Waals surface area contributed by atoms with E-state index in [9.17, 15) is 19.8 Å². The predicted molar refractivity (Wildman–Crippen MR) is 92.5 cm³/mol. The molecule has 0 aromatic heterocycles. The molecule has 3 aliphatic rings. The lowest BCUT2D eigenvalue weighted by atomic mass is 10.0. The summed E-state index contributed by atoms with van der Waals surface area (Å²) in [4.78, 5) is 26.5. The molecular formula is C19H24N2O5. The molecule has 3 fully saturated rings. The Hall–Kier alpha value is -2.28. The number of carbonyl (C=O) groups is 2. The van der Waals surface area contributed by atoms with Crippen LogP contribution in [-0.2, 0) is 9.59 Å². The summed E-state index contributed by atoms with van der Waals surface area (Å²) in [5.74, 6) is 0.582. The normalized spacial score (nSPS) is 28.0. The van der Waals surface area contributed by atoms with E-state index in [2.05, 4.69) is 5.32 Å². The van der Waals surface area contributed by atoms with Gasteiger partial charge in [0.2, 0.25) is 5.91 Å². The van der Waals surface area contributed by atoms with Crippen molar-refractivity contribution < 1.29 is 24.5 Å². The van der Waals surface area contributed by atoms with E-state index in [1.165, 1.54) is 12.1 Å². The number of likely N-dealkylation sites (tertiary alicyclic amines) is 1. The Labute approximate surface area is 151 Å². The highest BCUT2D eigenvalue weighted by atomic mass is 16.5. The quantitative estimate of drug-likeness (QED) is 0.692. The fourth-order valence-electron chi connectivity index (χ4n) is 4.16. The van der Waals surface area contributed by atoms with Crippen molar-refractivity contribution in [3.05, 3.63) is 24.3 Å². The molecule has 0 radical (unpaired) electrons. The number of carbonyl (C=O) groups excluding carboxylic acids is 2. The maximum absolute atomic E-state index is 12.6. The third-order valence-corrected chi connectivity index (χ3v) is 5.65. The van der Waals surface area contributed by atoms with Crippen LogP contribution in [0.15, 0.2) is 24.3 Å². The summed E-state index contributed by atoms with van der Waals surface area (Å²) in [5.41, 5.74) is 0. The molecule has 2 saturated carbocycles. The molecule has 1 heterocycles. The van der Waals surface area contributed by atoms with Gasteiger partial charge in [-0.25, -0.2) is 0 Å². The number of phenols is 1. The van der Waals surface area contributed by atoms with Crippen LogP contribution in [0.25, 0.3) is 0 Å². The predicted octanol–water partition coefficient (Wildman–Crippen LogP) is 0.647. The van der Waals surface area contributed by atoms with Gasteiger partial charge in [-0.2, -0.15) is 0 Å². The highest BCUT2D eigenvalue weighted by Crippen LogP contribution is 2.38. The largest absolute Gasteiger partial charge is 0.508 e. The van der Waals surface area contributed by atoms with E-state index in [1.54, 1.807) is 17.0 Å². The van der Waals surface area contributed by atoms with Crippen LogP contribution < -0.4 is 10.1 Å². The van der Waals surface area contributed by atoms with Crippen molar-refractivity contribution in [2.75, 3.05) is 13.2 Å². The first-order valence-corrected chi connectivity index (χ1v) is 9.21. The molecule has 2 amide bonds. The minimum Gasteiger partial charge on any atom is -0.508 e. The SMILES string of the molecule is O=C(N[C@@H]1C[C@@H]2C[C@H]1N(C(=O)COc1cccc(O)c1)C2)C(O)C1CC1. The number of nitrogens with zero attached hydrogens (tertiary/aromatic N) is 1. The van der Waals surface area contributed by atoms with Crippen LogP contribution in [-0.4, -0.2) is 58.3 Å². The topological polar surface area (TPSA) is 99.1 Å². The molecule has 2 aliphatic carbocycles. The molecular weight excluding hydrogens is 336 g/mol. The number of hydrogen-bond donors (Lipinski definition) is 3. The monoisotopic (exact) mass is 360 g/mol. The summed E-state index contributed by atoms with van der Waals surface area (Å²) in [6.45, 7) is 0.586. The third-order valence-electron chi connectivity index (χ3n) is 5.65. The van der Waals surface area contributed by atoms with Crippen LogP contribution in [0.5, 0.6) is 11.5 Å². The first-order chi connectivity index (χ1) is 12.5. The Morgan fingerprint density at radius 3 is 2.81 bits per heavy atom. The molecule has 1 aromatic rings. The molecule has 1 aromatic carbocycles. The maximum Gasteiger partial charge on any atom is 0.260 e. The minimum atomic E-state index is -0.924. The number of phenolic OH excluding ortho intramolecular Hbond substituents is 1. The molecule has 4 rings (SSSR count). The number of fused-ring (bicyclic) bond motifs is 2. The lowest BCUT2D eigenvalue weighted by Gasteiger charge is -2.34. The molecule has 0 spiro atoms. The van der Waals surface area contributed by atoms with Crippen LogP contribution >= 0.6 is 0 Å². The Balaban J connectivity index is 1.32. The second kappa shape index (κ2) is 6.79. The van der Waals surface area contributed by atoms with Crippen molar-refractivity contribution in [1.82, 2.24) is 10.2 Å². The number of nitrogens with one attached hydrogen (secondary N) is 1. The summed E-state index contributed by atoms with van der Waals surface area (Å²) >= 11 is 0. The van der Waals surface area contributed by atoms with Crippen molar-refractivity contribution >= 4 is 11.8 Å². The molecule has 140 valence electrons. The molecule has 26 heavy (non-hydrogen) atoms. The average molecular weight is 360 g/mol. The van der Waals surface area contributed by atoms with Gasteiger partial charge in [-0.1, -0.05) is 6.07 Å². The Kier molecular flexibility index (Phi) is 4.48. The lowest BCUT2D eigenvalue weighted by molar-refractivity contribution is -0.138. The fraction of sp³-hybridized carbons (Fsp3) is 0.579. The van der Waals surface area contributed by atoms with Gasteiger partial charge >= 0.3 is 0 Å². The van der Waals surface area contributed by atoms with Crippen molar-refractivity contribution in [2.45, 2.75) is 43.9 Å². The smallest absolute Gasteiger partial charge is 0.260 e. The molecule has 4 atom stereocenters. The van der Waals surface area contributed by atoms with Gasteiger partial charge in [0.25, 0.3) is 5.91 Å². The molecule has 1 unspecified atom stereocenters. The van der Waals surface area contributed by atoms with Crippen LogP contribution in [0.4, 0.5) is 0 Å². The summed E-state index contributed by atoms with van der Waals surface area (Å²) in [5, 5.41) is 22.4. The van der Waals surface area contributed by atoms with E-state index in [4.69, 9.17) is 4.74 Å². The summed E-state index contributed by atoms with van der Waals surface area (Å²) in [7, 11) is 0. The van der Waals surface area contributed by atoms with Gasteiger partial charge in [0, 0.05) is 18.7 Å². The number of aliphatic hydroxyl groups is 1. The molecule has 7 nitrogen and oxygen atoms in total. The van der Waals surface area contributed by atoms with Crippen molar-refractivity contribution in [1.29, 1.82) is 0 Å². The number of aliphatic hydroxyl groups excluding tert-OH is 1. The zero-order valence-electron chi connectivity index (χ0n) is 14.5. The average Bonchev–Trinajstić information content (AvgIpc) is 3.29. The van der Waals surface area contributed by atoms with E-state index in [0.29, 0.717) is 18.2 Å². The van der Waals surface area contributed by atoms with E-state index >= 15 is 0 Å². The number of ether oxygens (including phenoxy) is 1. The van der Waals surface area contributed by atoms with E-state index in [-0.39, 0.29) is 42.2 Å². The highest BCUT2D eigenvalue weighted by Gasteiger charge is 2.48. The lowest BCUT2D eigenvalue weighted by Crippen LogP contribution is -2.54. The zero-order chi connectivity index (χ0) is 18.3. The number of rotatable bonds is 6. The van der Waals surface area contributed by atoms with Crippen molar-refractivity contribution in [3.8, 4) is 11.5 Å². The number of piperidine rings is 1. The van der Waals surface area contributed by atoms with E-state index in [1.807, 2.05) is 0 Å². The first kappa shape index (κ1) is 17.1. The van der Waals surface area contributed by atoms with E-state index < -0.39 is 6.10 Å². The Morgan fingerprint density at radius 2 is 2.12 bits per heavy atom. The van der Waals surface area contributed by atoms with Crippen molar-refractivity contribution in [3.63, 3.8) is 0 Å². The van der Waals surface area contributed by atoms with Gasteiger partial charge in [-0.15, -0.1) is 0 Å². The van der Waals surface area contributed by atoms with Crippen molar-refractivity contribution in [2.24, 2.45) is 11.8 Å². The zero-order valence-corrected chi connectivity index (χ0v) is 14.5.